The Morgan fingerprint density at radius 3 is 2.36 bits per heavy atom. The SMILES string of the molecule is CC(=O)c1ccc(C(=O)NCc2cc(-c3ccc4ccccc4c3)on2)cc1. The number of fused-ring (bicyclic) bond motifs is 1. The van der Waals surface area contributed by atoms with E-state index in [4.69, 9.17) is 4.52 Å². The summed E-state index contributed by atoms with van der Waals surface area (Å²) in [6.07, 6.45) is 0. The Morgan fingerprint density at radius 1 is 0.893 bits per heavy atom. The van der Waals surface area contributed by atoms with Gasteiger partial charge in [0, 0.05) is 22.8 Å². The zero-order valence-corrected chi connectivity index (χ0v) is 15.3. The van der Waals surface area contributed by atoms with E-state index in [9.17, 15) is 9.59 Å². The predicted molar refractivity (Wildman–Crippen MR) is 107 cm³/mol. The van der Waals surface area contributed by atoms with Gasteiger partial charge in [0.05, 0.1) is 6.54 Å². The van der Waals surface area contributed by atoms with Crippen molar-refractivity contribution >= 4 is 22.5 Å². The largest absolute Gasteiger partial charge is 0.356 e. The molecule has 1 heterocycles. The number of carbonyl (C=O) groups is 2. The summed E-state index contributed by atoms with van der Waals surface area (Å²) in [5.74, 6) is 0.391. The van der Waals surface area contributed by atoms with Gasteiger partial charge in [0.1, 0.15) is 5.69 Å². The third-order valence-corrected chi connectivity index (χ3v) is 4.58. The lowest BCUT2D eigenvalue weighted by molar-refractivity contribution is 0.0948. The Kier molecular flexibility index (Phi) is 4.72. The van der Waals surface area contributed by atoms with Gasteiger partial charge >= 0.3 is 0 Å². The summed E-state index contributed by atoms with van der Waals surface area (Å²) >= 11 is 0. The number of ketones is 1. The van der Waals surface area contributed by atoms with Crippen molar-refractivity contribution < 1.29 is 14.1 Å². The van der Waals surface area contributed by atoms with Gasteiger partial charge in [-0.25, -0.2) is 0 Å². The van der Waals surface area contributed by atoms with Crippen LogP contribution in [0, 0.1) is 0 Å². The van der Waals surface area contributed by atoms with Crippen LogP contribution in [0.5, 0.6) is 0 Å². The average Bonchev–Trinajstić information content (AvgIpc) is 3.21. The van der Waals surface area contributed by atoms with Gasteiger partial charge in [0.15, 0.2) is 11.5 Å². The molecule has 0 aliphatic heterocycles. The predicted octanol–water partition coefficient (Wildman–Crippen LogP) is 4.63. The molecule has 0 unspecified atom stereocenters. The second-order valence-electron chi connectivity index (χ2n) is 6.56. The first-order valence-electron chi connectivity index (χ1n) is 8.94. The van der Waals surface area contributed by atoms with Gasteiger partial charge in [-0.2, -0.15) is 0 Å². The fraction of sp³-hybridized carbons (Fsp3) is 0.0870. The van der Waals surface area contributed by atoms with Gasteiger partial charge in [0.25, 0.3) is 5.91 Å². The molecule has 1 amide bonds. The van der Waals surface area contributed by atoms with E-state index in [0.29, 0.717) is 22.6 Å². The third kappa shape index (κ3) is 3.69. The molecular formula is C23H18N2O3. The first-order chi connectivity index (χ1) is 13.6. The Bertz CT molecular complexity index is 1160. The quantitative estimate of drug-likeness (QED) is 0.520. The molecule has 138 valence electrons. The number of rotatable bonds is 5. The maximum absolute atomic E-state index is 12.3. The summed E-state index contributed by atoms with van der Waals surface area (Å²) in [5, 5.41) is 9.14. The monoisotopic (exact) mass is 370 g/mol. The van der Waals surface area contributed by atoms with E-state index in [1.54, 1.807) is 24.3 Å². The van der Waals surface area contributed by atoms with Crippen LogP contribution >= 0.6 is 0 Å². The molecule has 28 heavy (non-hydrogen) atoms. The van der Waals surface area contributed by atoms with Crippen LogP contribution < -0.4 is 5.32 Å². The summed E-state index contributed by atoms with van der Waals surface area (Å²) in [6.45, 7) is 1.75. The molecule has 0 saturated heterocycles. The summed E-state index contributed by atoms with van der Waals surface area (Å²) in [6, 6.07) is 22.6. The van der Waals surface area contributed by atoms with E-state index in [2.05, 4.69) is 22.6 Å². The molecule has 0 spiro atoms. The number of benzene rings is 3. The molecule has 3 aromatic carbocycles. The highest BCUT2D eigenvalue weighted by molar-refractivity contribution is 5.97. The molecule has 0 aliphatic carbocycles. The van der Waals surface area contributed by atoms with Crippen molar-refractivity contribution in [1.29, 1.82) is 0 Å². The standard InChI is InChI=1S/C23H18N2O3/c1-15(26)16-6-9-18(10-7-16)23(27)24-14-21-13-22(28-25-21)20-11-8-17-4-2-3-5-19(17)12-20/h2-13H,14H2,1H3,(H,24,27). The van der Waals surface area contributed by atoms with Crippen molar-refractivity contribution in [3.05, 3.63) is 89.6 Å². The summed E-state index contributed by atoms with van der Waals surface area (Å²) < 4.78 is 5.44. The minimum atomic E-state index is -0.231. The van der Waals surface area contributed by atoms with Crippen LogP contribution in [0.2, 0.25) is 0 Å². The van der Waals surface area contributed by atoms with Gasteiger partial charge in [-0.1, -0.05) is 53.7 Å². The number of nitrogens with one attached hydrogen (secondary N) is 1. The minimum Gasteiger partial charge on any atom is -0.356 e. The van der Waals surface area contributed by atoms with Gasteiger partial charge < -0.3 is 9.84 Å². The van der Waals surface area contributed by atoms with E-state index >= 15 is 0 Å². The molecule has 0 bridgehead atoms. The van der Waals surface area contributed by atoms with Gasteiger partial charge in [-0.3, -0.25) is 9.59 Å². The number of Topliss-reactive ketones (excluding diaryl/α,β-unsaturated/α-hetero) is 1. The molecule has 0 aliphatic rings. The average molecular weight is 370 g/mol. The number of nitrogens with zero attached hydrogens (tertiary/aromatic N) is 1. The number of amides is 1. The summed E-state index contributed by atoms with van der Waals surface area (Å²) in [7, 11) is 0. The van der Waals surface area contributed by atoms with E-state index in [1.165, 1.54) is 6.92 Å². The number of aromatic nitrogens is 1. The fourth-order valence-corrected chi connectivity index (χ4v) is 3.00. The molecule has 5 heteroatoms. The molecule has 0 fully saturated rings. The van der Waals surface area contributed by atoms with Crippen molar-refractivity contribution in [2.24, 2.45) is 0 Å². The fourth-order valence-electron chi connectivity index (χ4n) is 3.00. The normalized spacial score (nSPS) is 10.8. The van der Waals surface area contributed by atoms with Crippen molar-refractivity contribution in [3.8, 4) is 11.3 Å². The molecule has 1 aromatic heterocycles. The van der Waals surface area contributed by atoms with E-state index in [1.807, 2.05) is 36.4 Å². The number of carbonyl (C=O) groups excluding carboxylic acids is 2. The minimum absolute atomic E-state index is 0.0317. The van der Waals surface area contributed by atoms with E-state index in [0.717, 1.165) is 16.3 Å². The lowest BCUT2D eigenvalue weighted by Gasteiger charge is -2.03. The number of hydrogen-bond acceptors (Lipinski definition) is 4. The third-order valence-electron chi connectivity index (χ3n) is 4.58. The van der Waals surface area contributed by atoms with Crippen molar-refractivity contribution in [1.82, 2.24) is 10.5 Å². The first kappa shape index (κ1) is 17.7. The second-order valence-corrected chi connectivity index (χ2v) is 6.56. The molecule has 4 aromatic rings. The maximum atomic E-state index is 12.3. The van der Waals surface area contributed by atoms with Crippen LogP contribution in [-0.4, -0.2) is 16.8 Å². The molecule has 0 radical (unpaired) electrons. The van der Waals surface area contributed by atoms with Crippen molar-refractivity contribution in [2.45, 2.75) is 13.5 Å². The molecule has 5 nitrogen and oxygen atoms in total. The molecule has 1 N–H and O–H groups in total. The highest BCUT2D eigenvalue weighted by atomic mass is 16.5. The van der Waals surface area contributed by atoms with Crippen molar-refractivity contribution in [2.75, 3.05) is 0 Å². The van der Waals surface area contributed by atoms with Gasteiger partial charge in [0.2, 0.25) is 0 Å². The zero-order valence-electron chi connectivity index (χ0n) is 15.3. The lowest BCUT2D eigenvalue weighted by atomic mass is 10.1. The maximum Gasteiger partial charge on any atom is 0.251 e. The Morgan fingerprint density at radius 2 is 1.61 bits per heavy atom. The van der Waals surface area contributed by atoms with E-state index < -0.39 is 0 Å². The van der Waals surface area contributed by atoms with Gasteiger partial charge in [-0.15, -0.1) is 0 Å². The summed E-state index contributed by atoms with van der Waals surface area (Å²) in [4.78, 5) is 23.6. The molecule has 0 saturated carbocycles. The highest BCUT2D eigenvalue weighted by Gasteiger charge is 2.10. The van der Waals surface area contributed by atoms with Crippen LogP contribution in [0.4, 0.5) is 0 Å². The summed E-state index contributed by atoms with van der Waals surface area (Å²) in [5.41, 5.74) is 2.64. The topological polar surface area (TPSA) is 72.2 Å². The Labute approximate surface area is 162 Å². The van der Waals surface area contributed by atoms with Crippen LogP contribution in [0.15, 0.2) is 77.3 Å². The smallest absolute Gasteiger partial charge is 0.251 e. The second kappa shape index (κ2) is 7.48. The van der Waals surface area contributed by atoms with E-state index in [-0.39, 0.29) is 18.2 Å². The van der Waals surface area contributed by atoms with Crippen molar-refractivity contribution in [3.63, 3.8) is 0 Å². The Hall–Kier alpha value is -3.73. The van der Waals surface area contributed by atoms with Crippen LogP contribution in [0.25, 0.3) is 22.1 Å². The van der Waals surface area contributed by atoms with Crippen LogP contribution in [0.1, 0.15) is 33.3 Å². The zero-order chi connectivity index (χ0) is 19.5. The number of hydrogen-bond donors (Lipinski definition) is 1. The van der Waals surface area contributed by atoms with Gasteiger partial charge in [-0.05, 0) is 35.9 Å². The highest BCUT2D eigenvalue weighted by Crippen LogP contribution is 2.25. The lowest BCUT2D eigenvalue weighted by Crippen LogP contribution is -2.22. The first-order valence-corrected chi connectivity index (χ1v) is 8.94. The molecule has 0 atom stereocenters. The Balaban J connectivity index is 1.44. The van der Waals surface area contributed by atoms with Crippen LogP contribution in [0.3, 0.4) is 0 Å². The van der Waals surface area contributed by atoms with Crippen LogP contribution in [-0.2, 0) is 6.54 Å². The molecular weight excluding hydrogens is 352 g/mol. The molecule has 4 rings (SSSR count).